The van der Waals surface area contributed by atoms with Gasteiger partial charge in [0.05, 0.1) is 11.8 Å². The molecule has 1 atom stereocenters. The van der Waals surface area contributed by atoms with Crippen molar-refractivity contribution >= 4 is 17.4 Å². The van der Waals surface area contributed by atoms with E-state index in [1.807, 2.05) is 37.3 Å². The fourth-order valence-corrected chi connectivity index (χ4v) is 2.74. The van der Waals surface area contributed by atoms with Gasteiger partial charge in [-0.05, 0) is 37.0 Å². The molecular weight excluding hydrogens is 320 g/mol. The summed E-state index contributed by atoms with van der Waals surface area (Å²) in [6, 6.07) is 18.7. The quantitative estimate of drug-likeness (QED) is 0.639. The van der Waals surface area contributed by atoms with Gasteiger partial charge in [0, 0.05) is 5.70 Å². The van der Waals surface area contributed by atoms with Crippen LogP contribution in [-0.4, -0.2) is 17.7 Å². The lowest BCUT2D eigenvalue weighted by atomic mass is 10.00. The second-order valence-corrected chi connectivity index (χ2v) is 6.96. The first-order valence-corrected chi connectivity index (χ1v) is 9.02. The van der Waals surface area contributed by atoms with Gasteiger partial charge in [-0.1, -0.05) is 74.0 Å². The third kappa shape index (κ3) is 4.39. The van der Waals surface area contributed by atoms with Crippen molar-refractivity contribution in [2.45, 2.75) is 33.7 Å². The molecule has 1 heterocycles. The van der Waals surface area contributed by atoms with Crippen LogP contribution in [0.5, 0.6) is 0 Å². The lowest BCUT2D eigenvalue weighted by Gasteiger charge is -2.24. The highest BCUT2D eigenvalue weighted by Gasteiger charge is 2.19. The van der Waals surface area contributed by atoms with E-state index in [4.69, 9.17) is 4.99 Å². The molecule has 0 aromatic heterocycles. The number of rotatable bonds is 4. The summed E-state index contributed by atoms with van der Waals surface area (Å²) in [6.07, 6.45) is 2.19. The lowest BCUT2D eigenvalue weighted by Crippen LogP contribution is -2.38. The van der Waals surface area contributed by atoms with Crippen LogP contribution in [0.25, 0.3) is 5.70 Å². The molecule has 0 saturated heterocycles. The molecule has 1 aliphatic heterocycles. The smallest absolute Gasteiger partial charge is 0.217 e. The van der Waals surface area contributed by atoms with Crippen LogP contribution < -0.4 is 10.7 Å². The van der Waals surface area contributed by atoms with E-state index < -0.39 is 0 Å². The predicted octanol–water partition coefficient (Wildman–Crippen LogP) is 4.33. The minimum Gasteiger partial charge on any atom is -0.325 e. The molecule has 2 N–H and O–H groups in total. The van der Waals surface area contributed by atoms with Crippen molar-refractivity contribution in [3.05, 3.63) is 77.4 Å². The van der Waals surface area contributed by atoms with Crippen LogP contribution in [0.3, 0.4) is 0 Å². The molecule has 0 bridgehead atoms. The van der Waals surface area contributed by atoms with Crippen LogP contribution in [0.4, 0.5) is 0 Å². The molecule has 4 nitrogen and oxygen atoms in total. The zero-order valence-corrected chi connectivity index (χ0v) is 15.8. The van der Waals surface area contributed by atoms with E-state index in [0.717, 1.165) is 22.5 Å². The SMILES string of the molecule is C/C(=N\NC1=NC(C(C)C)C=C(c2ccc(C)cc2)N1)c1ccccc1. The van der Waals surface area contributed by atoms with E-state index in [0.29, 0.717) is 11.9 Å². The van der Waals surface area contributed by atoms with Crippen molar-refractivity contribution < 1.29 is 0 Å². The van der Waals surface area contributed by atoms with Gasteiger partial charge in [-0.15, -0.1) is 0 Å². The van der Waals surface area contributed by atoms with E-state index in [9.17, 15) is 0 Å². The summed E-state index contributed by atoms with van der Waals surface area (Å²) < 4.78 is 0. The maximum absolute atomic E-state index is 4.75. The summed E-state index contributed by atoms with van der Waals surface area (Å²) in [5.41, 5.74) is 8.58. The molecule has 134 valence electrons. The normalized spacial score (nSPS) is 17.4. The molecule has 3 rings (SSSR count). The third-order valence-electron chi connectivity index (χ3n) is 4.44. The van der Waals surface area contributed by atoms with Crippen molar-refractivity contribution in [3.8, 4) is 0 Å². The molecular formula is C22H26N4. The Kier molecular flexibility index (Phi) is 5.52. The van der Waals surface area contributed by atoms with Gasteiger partial charge in [0.2, 0.25) is 5.96 Å². The Morgan fingerprint density at radius 2 is 1.77 bits per heavy atom. The van der Waals surface area contributed by atoms with Crippen LogP contribution in [0, 0.1) is 12.8 Å². The van der Waals surface area contributed by atoms with Crippen LogP contribution in [0.15, 0.2) is 70.8 Å². The Morgan fingerprint density at radius 3 is 2.42 bits per heavy atom. The van der Waals surface area contributed by atoms with Crippen molar-refractivity contribution in [2.24, 2.45) is 16.0 Å². The fourth-order valence-electron chi connectivity index (χ4n) is 2.74. The highest BCUT2D eigenvalue weighted by Crippen LogP contribution is 2.20. The number of aryl methyl sites for hydroxylation is 1. The van der Waals surface area contributed by atoms with E-state index in [1.165, 1.54) is 5.56 Å². The van der Waals surface area contributed by atoms with E-state index in [-0.39, 0.29) is 6.04 Å². The van der Waals surface area contributed by atoms with Gasteiger partial charge in [0.25, 0.3) is 0 Å². The molecule has 1 aliphatic rings. The van der Waals surface area contributed by atoms with Crippen LogP contribution in [0.1, 0.15) is 37.5 Å². The Morgan fingerprint density at radius 1 is 1.08 bits per heavy atom. The molecule has 2 aromatic rings. The van der Waals surface area contributed by atoms with Crippen molar-refractivity contribution in [2.75, 3.05) is 0 Å². The molecule has 2 aromatic carbocycles. The first-order valence-electron chi connectivity index (χ1n) is 9.02. The minimum absolute atomic E-state index is 0.113. The largest absolute Gasteiger partial charge is 0.325 e. The Bertz CT molecular complexity index is 830. The number of aliphatic imine (C=N–C) groups is 1. The first-order chi connectivity index (χ1) is 12.5. The molecule has 0 spiro atoms. The highest BCUT2D eigenvalue weighted by atomic mass is 15.4. The van der Waals surface area contributed by atoms with E-state index >= 15 is 0 Å². The summed E-state index contributed by atoms with van der Waals surface area (Å²) in [5.74, 6) is 1.09. The van der Waals surface area contributed by atoms with Gasteiger partial charge in [-0.3, -0.25) is 0 Å². The average Bonchev–Trinajstić information content (AvgIpc) is 2.67. The summed E-state index contributed by atoms with van der Waals surface area (Å²) in [4.78, 5) is 4.75. The molecule has 0 fully saturated rings. The van der Waals surface area contributed by atoms with Gasteiger partial charge in [0.15, 0.2) is 0 Å². The number of nitrogens with one attached hydrogen (secondary N) is 2. The minimum atomic E-state index is 0.113. The maximum Gasteiger partial charge on any atom is 0.217 e. The van der Waals surface area contributed by atoms with Crippen LogP contribution >= 0.6 is 0 Å². The molecule has 0 amide bonds. The molecule has 0 saturated carbocycles. The number of hydrazone groups is 1. The second-order valence-electron chi connectivity index (χ2n) is 6.96. The molecule has 0 aliphatic carbocycles. The number of nitrogens with zero attached hydrogens (tertiary/aromatic N) is 2. The van der Waals surface area contributed by atoms with Gasteiger partial charge < -0.3 is 5.32 Å². The fraction of sp³-hybridized carbons (Fsp3) is 0.273. The Labute approximate surface area is 155 Å². The van der Waals surface area contributed by atoms with Gasteiger partial charge in [-0.25, -0.2) is 10.4 Å². The average molecular weight is 346 g/mol. The zero-order valence-electron chi connectivity index (χ0n) is 15.8. The lowest BCUT2D eigenvalue weighted by molar-refractivity contribution is 0.564. The maximum atomic E-state index is 4.75. The monoisotopic (exact) mass is 346 g/mol. The summed E-state index contributed by atoms with van der Waals surface area (Å²) in [7, 11) is 0. The van der Waals surface area contributed by atoms with Crippen molar-refractivity contribution in [1.82, 2.24) is 10.7 Å². The van der Waals surface area contributed by atoms with Crippen molar-refractivity contribution in [1.29, 1.82) is 0 Å². The van der Waals surface area contributed by atoms with Gasteiger partial charge in [-0.2, -0.15) is 5.10 Å². The predicted molar refractivity (Wildman–Crippen MR) is 110 cm³/mol. The standard InChI is InChI=1S/C22H26N4/c1-15(2)20-14-21(19-12-10-16(3)11-13-19)24-22(23-20)26-25-17(4)18-8-6-5-7-9-18/h5-15,20H,1-4H3,(H2,23,24,26)/b25-17+. The molecule has 26 heavy (non-hydrogen) atoms. The van der Waals surface area contributed by atoms with E-state index in [1.54, 1.807) is 0 Å². The second kappa shape index (κ2) is 8.00. The summed E-state index contributed by atoms with van der Waals surface area (Å²) >= 11 is 0. The van der Waals surface area contributed by atoms with E-state index in [2.05, 4.69) is 67.0 Å². The Balaban J connectivity index is 1.80. The zero-order chi connectivity index (χ0) is 18.5. The first kappa shape index (κ1) is 17.9. The van der Waals surface area contributed by atoms with Crippen LogP contribution in [0.2, 0.25) is 0 Å². The summed E-state index contributed by atoms with van der Waals surface area (Å²) in [5, 5.41) is 7.87. The molecule has 0 radical (unpaired) electrons. The number of hydrogen-bond donors (Lipinski definition) is 2. The third-order valence-corrected chi connectivity index (χ3v) is 4.44. The molecule has 1 unspecified atom stereocenters. The topological polar surface area (TPSA) is 48.8 Å². The number of hydrogen-bond acceptors (Lipinski definition) is 4. The highest BCUT2D eigenvalue weighted by molar-refractivity contribution is 6.00. The van der Waals surface area contributed by atoms with Crippen molar-refractivity contribution in [3.63, 3.8) is 0 Å². The van der Waals surface area contributed by atoms with Gasteiger partial charge >= 0.3 is 0 Å². The Hall–Kier alpha value is -2.88. The number of benzene rings is 2. The van der Waals surface area contributed by atoms with Gasteiger partial charge in [0.1, 0.15) is 0 Å². The number of guanidine groups is 1. The molecule has 4 heteroatoms. The summed E-state index contributed by atoms with van der Waals surface area (Å²) in [6.45, 7) is 8.44. The van der Waals surface area contributed by atoms with Crippen LogP contribution in [-0.2, 0) is 0 Å².